The molecule has 0 atom stereocenters. The summed E-state index contributed by atoms with van der Waals surface area (Å²) >= 11 is -1.09. The van der Waals surface area contributed by atoms with Crippen LogP contribution in [0.15, 0.2) is 59.3 Å². The molecular weight excluding hydrogens is 516 g/mol. The summed E-state index contributed by atoms with van der Waals surface area (Å²) in [6.07, 6.45) is -1.22. The van der Waals surface area contributed by atoms with Crippen molar-refractivity contribution in [2.24, 2.45) is 0 Å². The topological polar surface area (TPSA) is 26.0 Å². The van der Waals surface area contributed by atoms with E-state index in [0.29, 0.717) is 11.1 Å². The van der Waals surface area contributed by atoms with Crippen LogP contribution in [-0.4, -0.2) is 18.3 Å². The van der Waals surface area contributed by atoms with Gasteiger partial charge in [0, 0.05) is 0 Å². The number of rotatable bonds is 3. The van der Waals surface area contributed by atoms with Crippen LogP contribution in [0.2, 0.25) is 17.3 Å². The first-order valence-corrected chi connectivity index (χ1v) is 19.2. The van der Waals surface area contributed by atoms with Gasteiger partial charge < -0.3 is 0 Å². The molecule has 2 aromatic carbocycles. The van der Waals surface area contributed by atoms with E-state index in [0.717, 1.165) is 42.5 Å². The van der Waals surface area contributed by atoms with Crippen molar-refractivity contribution < 1.29 is 17.6 Å². The summed E-state index contributed by atoms with van der Waals surface area (Å²) in [6.45, 7) is 4.02. The number of thiophene rings is 1. The van der Waals surface area contributed by atoms with E-state index >= 15 is 0 Å². The summed E-state index contributed by atoms with van der Waals surface area (Å²) in [5.41, 5.74) is 3.25. The fourth-order valence-electron chi connectivity index (χ4n) is 4.44. The van der Waals surface area contributed by atoms with Crippen molar-refractivity contribution in [3.63, 3.8) is 0 Å². The van der Waals surface area contributed by atoms with Crippen LogP contribution >= 0.6 is 11.3 Å². The van der Waals surface area contributed by atoms with Gasteiger partial charge in [-0.05, 0) is 13.8 Å². The molecule has 2 nitrogen and oxygen atoms in total. The number of fused-ring (bicyclic) bond motifs is 3. The molecule has 0 N–H and O–H groups in total. The summed E-state index contributed by atoms with van der Waals surface area (Å²) < 4.78 is 51.3. The molecule has 0 radical (unpaired) electrons. The Bertz CT molecular complexity index is 1540. The van der Waals surface area contributed by atoms with Gasteiger partial charge in [0.25, 0.3) is 0 Å². The van der Waals surface area contributed by atoms with E-state index < -0.39 is 25.0 Å². The zero-order valence-electron chi connectivity index (χ0n) is 19.6. The van der Waals surface area contributed by atoms with E-state index in [2.05, 4.69) is 28.3 Å². The van der Waals surface area contributed by atoms with E-state index in [-0.39, 0.29) is 16.0 Å². The second-order valence-corrected chi connectivity index (χ2v) is 21.5. The van der Waals surface area contributed by atoms with Crippen molar-refractivity contribution in [1.29, 1.82) is 0 Å². The molecule has 7 heteroatoms. The number of aromatic nitrogens is 1. The van der Waals surface area contributed by atoms with Crippen molar-refractivity contribution in [1.82, 2.24) is 4.98 Å². The van der Waals surface area contributed by atoms with Crippen LogP contribution in [0.25, 0.3) is 42.8 Å². The van der Waals surface area contributed by atoms with Gasteiger partial charge in [0.2, 0.25) is 0 Å². The number of benzene rings is 2. The van der Waals surface area contributed by atoms with Gasteiger partial charge in [0.1, 0.15) is 0 Å². The Morgan fingerprint density at radius 2 is 1.56 bits per heavy atom. The van der Waals surface area contributed by atoms with Crippen molar-refractivity contribution >= 4 is 49.2 Å². The number of hydrogen-bond acceptors (Lipinski definition) is 3. The third-order valence-electron chi connectivity index (χ3n) is 6.07. The number of alkyl halides is 3. The van der Waals surface area contributed by atoms with Crippen molar-refractivity contribution in [2.75, 3.05) is 0 Å². The minimum atomic E-state index is -4.53. The normalized spacial score (nSPS) is 12.7. The summed E-state index contributed by atoms with van der Waals surface area (Å²) in [7, 11) is 0. The van der Waals surface area contributed by atoms with E-state index in [4.69, 9.17) is 4.42 Å². The molecule has 174 valence electrons. The van der Waals surface area contributed by atoms with E-state index in [1.807, 2.05) is 26.0 Å². The van der Waals surface area contributed by atoms with Crippen LogP contribution in [-0.2, 0) is 6.18 Å². The second-order valence-electron chi connectivity index (χ2n) is 9.83. The molecule has 3 heterocycles. The third-order valence-corrected chi connectivity index (χ3v) is 11.5. The van der Waals surface area contributed by atoms with Crippen LogP contribution in [0.4, 0.5) is 13.2 Å². The first kappa shape index (κ1) is 23.2. The average molecular weight is 540 g/mol. The van der Waals surface area contributed by atoms with Crippen molar-refractivity contribution in [3.8, 4) is 22.6 Å². The fraction of sp³-hybridized carbons (Fsp3) is 0.222. The van der Waals surface area contributed by atoms with Gasteiger partial charge >= 0.3 is 183 Å². The van der Waals surface area contributed by atoms with Gasteiger partial charge in [-0.1, -0.05) is 6.07 Å². The summed E-state index contributed by atoms with van der Waals surface area (Å²) in [4.78, 5) is 4.57. The Hall–Kier alpha value is -2.58. The second kappa shape index (κ2) is 7.99. The summed E-state index contributed by atoms with van der Waals surface area (Å²) in [5.74, 6) is 6.84. The van der Waals surface area contributed by atoms with Crippen LogP contribution in [0.3, 0.4) is 0 Å². The molecule has 5 rings (SSSR count). The molecule has 0 spiro atoms. The Kier molecular flexibility index (Phi) is 5.45. The molecule has 0 aliphatic rings. The number of aryl methyl sites for hydroxylation is 2. The Labute approximate surface area is 202 Å². The molecule has 34 heavy (non-hydrogen) atoms. The molecule has 0 fully saturated rings. The first-order chi connectivity index (χ1) is 15.9. The molecule has 0 aliphatic carbocycles. The molecule has 5 aromatic rings. The molecule has 3 aromatic heterocycles. The monoisotopic (exact) mass is 541 g/mol. The average Bonchev–Trinajstić information content (AvgIpc) is 3.36. The number of furan rings is 1. The SMILES string of the molecule is Cc1cc(C)cc(-c2nccc3c2sc2c(C(F)(F)F)c(-c4c[c]([Ge]([CH3])([CH3])[CH3])co4)ccc23)c1. The minimum absolute atomic E-state index is 0.0883. The number of hydrogen-bond donors (Lipinski definition) is 0. The molecular formula is C27H24F3GeNOS. The number of nitrogens with zero attached hydrogens (tertiary/aromatic N) is 1. The molecule has 0 amide bonds. The van der Waals surface area contributed by atoms with Gasteiger partial charge in [-0.2, -0.15) is 0 Å². The van der Waals surface area contributed by atoms with Crippen LogP contribution in [0.5, 0.6) is 0 Å². The fourth-order valence-corrected chi connectivity index (χ4v) is 7.86. The maximum atomic E-state index is 14.5. The molecule has 0 aliphatic heterocycles. The van der Waals surface area contributed by atoms with Crippen molar-refractivity contribution in [2.45, 2.75) is 37.3 Å². The van der Waals surface area contributed by atoms with Gasteiger partial charge in [0.15, 0.2) is 0 Å². The summed E-state index contributed by atoms with van der Waals surface area (Å²) in [5, 5.41) is 1.37. The molecule has 0 unspecified atom stereocenters. The number of pyridine rings is 1. The predicted octanol–water partition coefficient (Wildman–Crippen LogP) is 8.56. The zero-order valence-corrected chi connectivity index (χ0v) is 22.5. The maximum absolute atomic E-state index is 14.5. The Morgan fingerprint density at radius 1 is 0.882 bits per heavy atom. The third kappa shape index (κ3) is 3.97. The van der Waals surface area contributed by atoms with Gasteiger partial charge in [-0.15, -0.1) is 0 Å². The number of halogens is 3. The van der Waals surface area contributed by atoms with Gasteiger partial charge in [0.05, 0.1) is 0 Å². The van der Waals surface area contributed by atoms with E-state index in [1.165, 1.54) is 0 Å². The van der Waals surface area contributed by atoms with Crippen LogP contribution < -0.4 is 4.40 Å². The van der Waals surface area contributed by atoms with E-state index in [9.17, 15) is 13.2 Å². The Balaban J connectivity index is 1.81. The zero-order chi connectivity index (χ0) is 24.4. The standard InChI is InChI=1S/C27H24F3GeNOS/c1-15-10-16(2)12-17(11-15)24-26-20(8-9-32-24)19-6-7-21(23(25(19)34-26)27(28,29)30)22-13-18(14-33-22)31(3,4)5/h6-14H,1-5H3. The predicted molar refractivity (Wildman–Crippen MR) is 138 cm³/mol. The molecule has 0 saturated heterocycles. The van der Waals surface area contributed by atoms with Crippen LogP contribution in [0, 0.1) is 13.8 Å². The molecule has 0 bridgehead atoms. The Morgan fingerprint density at radius 3 is 2.18 bits per heavy atom. The van der Waals surface area contributed by atoms with Gasteiger partial charge in [-0.25, -0.2) is 0 Å². The van der Waals surface area contributed by atoms with Crippen molar-refractivity contribution in [3.05, 3.63) is 71.6 Å². The van der Waals surface area contributed by atoms with E-state index in [1.54, 1.807) is 36.7 Å². The quantitative estimate of drug-likeness (QED) is 0.215. The molecule has 0 saturated carbocycles. The van der Waals surface area contributed by atoms with Gasteiger partial charge in [-0.3, -0.25) is 0 Å². The van der Waals surface area contributed by atoms with Crippen LogP contribution in [0.1, 0.15) is 16.7 Å². The first-order valence-electron chi connectivity index (χ1n) is 11.0. The summed E-state index contributed by atoms with van der Waals surface area (Å²) in [6, 6.07) is 13.1.